The Morgan fingerprint density at radius 1 is 0.836 bits per heavy atom. The van der Waals surface area contributed by atoms with E-state index in [1.165, 1.54) is 6.33 Å². The molecule has 2 amide bonds. The zero-order valence-electron chi connectivity index (χ0n) is 42.4. The van der Waals surface area contributed by atoms with E-state index in [1.54, 1.807) is 11.3 Å². The fraction of sp³-hybridized carbons (Fsp3) is 0.481. The van der Waals surface area contributed by atoms with Gasteiger partial charge in [0.05, 0.1) is 85.9 Å². The molecule has 5 N–H and O–H groups in total. The maximum atomic E-state index is 13.4. The third kappa shape index (κ3) is 14.9. The van der Waals surface area contributed by atoms with Gasteiger partial charge in [-0.3, -0.25) is 14.5 Å². The smallest absolute Gasteiger partial charge is 0.246 e. The summed E-state index contributed by atoms with van der Waals surface area (Å²) < 4.78 is 30.9. The summed E-state index contributed by atoms with van der Waals surface area (Å²) in [5, 5.41) is 22.6. The van der Waals surface area contributed by atoms with Gasteiger partial charge in [0.1, 0.15) is 35.9 Å². The number of thiazole rings is 1. The Labute approximate surface area is 431 Å². The number of para-hydroxylation sites is 1. The Balaban J connectivity index is 0.660. The van der Waals surface area contributed by atoms with Crippen molar-refractivity contribution in [3.8, 4) is 33.2 Å². The van der Waals surface area contributed by atoms with Crippen LogP contribution in [-0.2, 0) is 35.1 Å². The molecule has 0 bridgehead atoms. The van der Waals surface area contributed by atoms with E-state index in [0.717, 1.165) is 88.0 Å². The van der Waals surface area contributed by atoms with Gasteiger partial charge in [-0.15, -0.1) is 11.3 Å². The minimum atomic E-state index is -0.633. The van der Waals surface area contributed by atoms with Crippen molar-refractivity contribution in [3.63, 3.8) is 0 Å². The van der Waals surface area contributed by atoms with E-state index in [-0.39, 0.29) is 42.5 Å². The monoisotopic (exact) mass is 1020 g/mol. The molecule has 0 spiro atoms. The first kappa shape index (κ1) is 53.4. The van der Waals surface area contributed by atoms with E-state index < -0.39 is 12.1 Å². The number of rotatable bonds is 25. The predicted molar refractivity (Wildman–Crippen MR) is 281 cm³/mol. The molecule has 390 valence electrons. The zero-order valence-corrected chi connectivity index (χ0v) is 43.2. The first-order valence-corrected chi connectivity index (χ1v) is 26.1. The van der Waals surface area contributed by atoms with Crippen LogP contribution in [-0.4, -0.2) is 155 Å². The molecular formula is C54H70N10O8S. The fourth-order valence-electron chi connectivity index (χ4n) is 9.18. The Hall–Kier alpha value is -5.90. The normalized spacial score (nSPS) is 17.3. The number of aliphatic hydroxyl groups is 1. The number of hydrogen-bond acceptors (Lipinski definition) is 16. The lowest BCUT2D eigenvalue weighted by molar-refractivity contribution is -0.128. The number of nitrogens with zero attached hydrogens (tertiary/aromatic N) is 7. The van der Waals surface area contributed by atoms with E-state index >= 15 is 0 Å². The number of carbonyl (C=O) groups is 2. The van der Waals surface area contributed by atoms with Gasteiger partial charge < -0.3 is 50.1 Å². The van der Waals surface area contributed by atoms with Gasteiger partial charge in [0, 0.05) is 50.9 Å². The quantitative estimate of drug-likeness (QED) is 0.0465. The summed E-state index contributed by atoms with van der Waals surface area (Å²) in [5.74, 6) is 1.52. The second kappa shape index (κ2) is 25.9. The van der Waals surface area contributed by atoms with Gasteiger partial charge >= 0.3 is 0 Å². The molecular weight excluding hydrogens is 949 g/mol. The number of amides is 2. The SMILES string of the molecule is Cc1ncsc1-c1ccc(CNC(=O)[C@@H]2C[C@@H](O)CN2C[C@@H](NC(=O)COCCOCCOCCOCCN2CCC(n3nc(-c4ccc(Oc5ccccc5)cc4)c4c(N)ncnc43)CC2)C(C)(C)C)cc1. The van der Waals surface area contributed by atoms with Crippen molar-refractivity contribution in [2.45, 2.75) is 77.7 Å². The van der Waals surface area contributed by atoms with Gasteiger partial charge in [-0.05, 0) is 79.1 Å². The number of nitrogens with one attached hydrogen (secondary N) is 2. The number of aryl methyl sites for hydroxylation is 1. The van der Waals surface area contributed by atoms with Crippen LogP contribution in [0, 0.1) is 12.3 Å². The van der Waals surface area contributed by atoms with Crippen molar-refractivity contribution in [2.75, 3.05) is 91.3 Å². The van der Waals surface area contributed by atoms with E-state index in [4.69, 9.17) is 34.5 Å². The molecule has 5 heterocycles. The van der Waals surface area contributed by atoms with Crippen molar-refractivity contribution < 1.29 is 38.4 Å². The number of anilines is 1. The summed E-state index contributed by atoms with van der Waals surface area (Å²) in [4.78, 5) is 45.2. The molecule has 2 aliphatic heterocycles. The molecule has 0 aliphatic carbocycles. The summed E-state index contributed by atoms with van der Waals surface area (Å²) in [5.41, 5.74) is 13.4. The highest BCUT2D eigenvalue weighted by atomic mass is 32.1. The standard InChI is InChI=1S/C54H70N10O8S/c1-37-50(73-36-59-37)40-12-10-38(11-13-40)31-56-53(67)45-30-42(65)32-63(45)33-46(54(2,3)4)60-47(66)34-71-29-28-70-27-26-69-25-24-68-23-22-62-20-18-41(19-21-62)64-52-48(51(55)57-35-58-52)49(61-64)39-14-16-44(17-15-39)72-43-8-6-5-7-9-43/h5-17,35-36,41-42,45-46,65H,18-34H2,1-4H3,(H,56,67)(H,60,66)(H2,55,57,58)/t42-,45+,46-/m1/s1. The third-order valence-corrected chi connectivity index (χ3v) is 14.3. The second-order valence-electron chi connectivity index (χ2n) is 19.7. The number of fused-ring (bicyclic) bond motifs is 1. The average Bonchev–Trinajstić information content (AvgIpc) is 4.11. The van der Waals surface area contributed by atoms with Gasteiger partial charge in [-0.25, -0.2) is 19.6 Å². The van der Waals surface area contributed by atoms with Crippen LogP contribution in [0.4, 0.5) is 5.82 Å². The molecule has 19 heteroatoms. The van der Waals surface area contributed by atoms with Crippen LogP contribution in [0.1, 0.15) is 57.3 Å². The minimum Gasteiger partial charge on any atom is -0.457 e. The van der Waals surface area contributed by atoms with E-state index in [1.807, 2.05) is 122 Å². The minimum absolute atomic E-state index is 0.119. The summed E-state index contributed by atoms with van der Waals surface area (Å²) in [7, 11) is 0. The lowest BCUT2D eigenvalue weighted by Crippen LogP contribution is -2.54. The number of aliphatic hydroxyl groups excluding tert-OH is 1. The lowest BCUT2D eigenvalue weighted by atomic mass is 9.86. The number of β-amino-alcohol motifs (C(OH)–C–C–N with tert-alkyl or cyclic N) is 1. The molecule has 3 aromatic carbocycles. The van der Waals surface area contributed by atoms with Crippen LogP contribution in [0.5, 0.6) is 11.5 Å². The number of hydrogen-bond donors (Lipinski definition) is 4. The van der Waals surface area contributed by atoms with Crippen LogP contribution >= 0.6 is 11.3 Å². The van der Waals surface area contributed by atoms with Crippen LogP contribution in [0.15, 0.2) is 90.7 Å². The Morgan fingerprint density at radius 3 is 2.16 bits per heavy atom. The number of carbonyl (C=O) groups excluding carboxylic acids is 2. The number of aromatic nitrogens is 5. The van der Waals surface area contributed by atoms with Crippen molar-refractivity contribution in [1.82, 2.24) is 45.2 Å². The van der Waals surface area contributed by atoms with Crippen molar-refractivity contribution in [3.05, 3.63) is 102 Å². The van der Waals surface area contributed by atoms with E-state index in [2.05, 4.69) is 30.5 Å². The molecule has 0 saturated carbocycles. The van der Waals surface area contributed by atoms with Gasteiger partial charge in [0.15, 0.2) is 5.65 Å². The van der Waals surface area contributed by atoms with Crippen LogP contribution in [0.2, 0.25) is 0 Å². The number of nitrogen functional groups attached to an aromatic ring is 1. The number of ether oxygens (including phenoxy) is 5. The maximum absolute atomic E-state index is 13.4. The fourth-order valence-corrected chi connectivity index (χ4v) is 10.00. The summed E-state index contributed by atoms with van der Waals surface area (Å²) in [6.45, 7) is 14.8. The summed E-state index contributed by atoms with van der Waals surface area (Å²) in [6.07, 6.45) is 3.04. The second-order valence-corrected chi connectivity index (χ2v) is 20.5. The highest BCUT2D eigenvalue weighted by molar-refractivity contribution is 7.13. The number of benzene rings is 3. The van der Waals surface area contributed by atoms with Crippen molar-refractivity contribution in [2.24, 2.45) is 5.41 Å². The lowest BCUT2D eigenvalue weighted by Gasteiger charge is -2.36. The highest BCUT2D eigenvalue weighted by Crippen LogP contribution is 2.35. The van der Waals surface area contributed by atoms with Crippen LogP contribution in [0.3, 0.4) is 0 Å². The molecule has 3 aromatic heterocycles. The first-order chi connectivity index (χ1) is 35.4. The van der Waals surface area contributed by atoms with Crippen molar-refractivity contribution >= 4 is 40.0 Å². The number of piperidine rings is 1. The zero-order chi connectivity index (χ0) is 51.2. The molecule has 2 saturated heterocycles. The molecule has 73 heavy (non-hydrogen) atoms. The Kier molecular flexibility index (Phi) is 18.9. The molecule has 0 radical (unpaired) electrons. The topological polar surface area (TPSA) is 214 Å². The molecule has 3 atom stereocenters. The van der Waals surface area contributed by atoms with E-state index in [9.17, 15) is 14.7 Å². The molecule has 0 unspecified atom stereocenters. The molecule has 2 fully saturated rings. The molecule has 18 nitrogen and oxygen atoms in total. The Bertz CT molecular complexity index is 2670. The molecule has 6 aromatic rings. The summed E-state index contributed by atoms with van der Waals surface area (Å²) in [6, 6.07) is 25.0. The van der Waals surface area contributed by atoms with Crippen LogP contribution in [0.25, 0.3) is 32.7 Å². The Morgan fingerprint density at radius 2 is 1.49 bits per heavy atom. The average molecular weight is 1020 g/mol. The predicted octanol–water partition coefficient (Wildman–Crippen LogP) is 6.29. The van der Waals surface area contributed by atoms with Gasteiger partial charge in [0.2, 0.25) is 11.8 Å². The van der Waals surface area contributed by atoms with E-state index in [0.29, 0.717) is 71.5 Å². The maximum Gasteiger partial charge on any atom is 0.246 e. The van der Waals surface area contributed by atoms with Crippen molar-refractivity contribution in [1.29, 1.82) is 0 Å². The largest absolute Gasteiger partial charge is 0.457 e. The number of nitrogens with two attached hydrogens (primary N) is 1. The first-order valence-electron chi connectivity index (χ1n) is 25.2. The highest BCUT2D eigenvalue weighted by Gasteiger charge is 2.39. The van der Waals surface area contributed by atoms with Crippen LogP contribution < -0.4 is 21.1 Å². The molecule has 8 rings (SSSR count). The van der Waals surface area contributed by atoms with Gasteiger partial charge in [-0.2, -0.15) is 5.10 Å². The van der Waals surface area contributed by atoms with Gasteiger partial charge in [0.25, 0.3) is 0 Å². The third-order valence-electron chi connectivity index (χ3n) is 13.3. The van der Waals surface area contributed by atoms with Gasteiger partial charge in [-0.1, -0.05) is 63.2 Å². The summed E-state index contributed by atoms with van der Waals surface area (Å²) >= 11 is 1.61. The number of likely N-dealkylation sites (tertiary alicyclic amines) is 2. The molecule has 2 aliphatic rings.